The molecule has 1 saturated carbocycles. The molecule has 0 spiro atoms. The molecule has 3 heteroatoms. The Morgan fingerprint density at radius 2 is 2.29 bits per heavy atom. The molecule has 0 bridgehead atoms. The van der Waals surface area contributed by atoms with Crippen molar-refractivity contribution in [3.05, 3.63) is 22.3 Å². The van der Waals surface area contributed by atoms with Gasteiger partial charge in [-0.2, -0.15) is 0 Å². The molecule has 1 fully saturated rings. The Balaban J connectivity index is 2.29. The van der Waals surface area contributed by atoms with Gasteiger partial charge >= 0.3 is 0 Å². The molecule has 0 saturated heterocycles. The number of rotatable bonds is 3. The molecule has 2 nitrogen and oxygen atoms in total. The van der Waals surface area contributed by atoms with E-state index in [-0.39, 0.29) is 0 Å². The van der Waals surface area contributed by atoms with Gasteiger partial charge in [0, 0.05) is 18.8 Å². The molecule has 0 aromatic carbocycles. The minimum absolute atomic E-state index is 0.728. The van der Waals surface area contributed by atoms with Gasteiger partial charge in [0.05, 0.1) is 4.47 Å². The van der Waals surface area contributed by atoms with Crippen LogP contribution in [0.25, 0.3) is 0 Å². The minimum atomic E-state index is 0.728. The molecule has 14 heavy (non-hydrogen) atoms. The number of halogens is 1. The third-order valence-corrected chi connectivity index (χ3v) is 3.14. The molecule has 1 aromatic heterocycles. The highest BCUT2D eigenvalue weighted by Crippen LogP contribution is 2.34. The van der Waals surface area contributed by atoms with Crippen molar-refractivity contribution in [3.8, 4) is 0 Å². The smallest absolute Gasteiger partial charge is 0.143 e. The maximum atomic E-state index is 4.49. The van der Waals surface area contributed by atoms with E-state index in [9.17, 15) is 0 Å². The molecule has 0 unspecified atom stereocenters. The summed E-state index contributed by atoms with van der Waals surface area (Å²) in [7, 11) is 0. The molecule has 2 rings (SSSR count). The van der Waals surface area contributed by atoms with Crippen LogP contribution in [0.15, 0.2) is 16.7 Å². The fraction of sp³-hybridized carbons (Fsp3) is 0.545. The van der Waals surface area contributed by atoms with Crippen molar-refractivity contribution < 1.29 is 0 Å². The van der Waals surface area contributed by atoms with Gasteiger partial charge in [0.2, 0.25) is 0 Å². The van der Waals surface area contributed by atoms with E-state index in [0.717, 1.165) is 22.9 Å². The van der Waals surface area contributed by atoms with Gasteiger partial charge in [-0.3, -0.25) is 0 Å². The Kier molecular flexibility index (Phi) is 2.77. The SMILES string of the molecule is CCN(c1ncc(C)cc1Br)C1CC1. The third-order valence-electron chi connectivity index (χ3n) is 2.56. The summed E-state index contributed by atoms with van der Waals surface area (Å²) >= 11 is 3.58. The number of hydrogen-bond donors (Lipinski definition) is 0. The fourth-order valence-corrected chi connectivity index (χ4v) is 2.40. The van der Waals surface area contributed by atoms with Crippen LogP contribution in [0, 0.1) is 6.92 Å². The van der Waals surface area contributed by atoms with Gasteiger partial charge in [-0.05, 0) is 54.2 Å². The van der Waals surface area contributed by atoms with Crippen LogP contribution in [0.2, 0.25) is 0 Å². The summed E-state index contributed by atoms with van der Waals surface area (Å²) in [5, 5.41) is 0. The molecule has 0 amide bonds. The second-order valence-electron chi connectivity index (χ2n) is 3.84. The second-order valence-corrected chi connectivity index (χ2v) is 4.69. The Morgan fingerprint density at radius 1 is 1.57 bits per heavy atom. The molecule has 0 aliphatic heterocycles. The van der Waals surface area contributed by atoms with Crippen LogP contribution >= 0.6 is 15.9 Å². The second kappa shape index (κ2) is 3.89. The van der Waals surface area contributed by atoms with E-state index in [1.54, 1.807) is 0 Å². The molecular weight excluding hydrogens is 240 g/mol. The van der Waals surface area contributed by atoms with E-state index in [2.05, 4.69) is 45.7 Å². The molecular formula is C11H15BrN2. The average molecular weight is 255 g/mol. The van der Waals surface area contributed by atoms with Gasteiger partial charge in [0.25, 0.3) is 0 Å². The first kappa shape index (κ1) is 9.97. The minimum Gasteiger partial charge on any atom is -0.353 e. The van der Waals surface area contributed by atoms with E-state index in [1.807, 2.05) is 6.20 Å². The summed E-state index contributed by atoms with van der Waals surface area (Å²) in [6.45, 7) is 5.29. The normalized spacial score (nSPS) is 15.6. The zero-order valence-electron chi connectivity index (χ0n) is 8.63. The number of pyridine rings is 1. The van der Waals surface area contributed by atoms with E-state index >= 15 is 0 Å². The lowest BCUT2D eigenvalue weighted by Crippen LogP contribution is -2.26. The average Bonchev–Trinajstić information content (AvgIpc) is 2.93. The Bertz CT molecular complexity index is 334. The summed E-state index contributed by atoms with van der Waals surface area (Å²) in [6.07, 6.45) is 4.57. The molecule has 1 aliphatic rings. The fourth-order valence-electron chi connectivity index (χ4n) is 1.70. The molecule has 76 valence electrons. The van der Waals surface area contributed by atoms with Crippen LogP contribution in [0.5, 0.6) is 0 Å². The highest BCUT2D eigenvalue weighted by atomic mass is 79.9. The van der Waals surface area contributed by atoms with Crippen molar-refractivity contribution in [1.29, 1.82) is 0 Å². The summed E-state index contributed by atoms with van der Waals surface area (Å²) in [5.41, 5.74) is 1.20. The van der Waals surface area contributed by atoms with Crippen LogP contribution in [0.4, 0.5) is 5.82 Å². The zero-order valence-corrected chi connectivity index (χ0v) is 10.2. The van der Waals surface area contributed by atoms with E-state index < -0.39 is 0 Å². The van der Waals surface area contributed by atoms with Gasteiger partial charge in [0.15, 0.2) is 0 Å². The topological polar surface area (TPSA) is 16.1 Å². The highest BCUT2D eigenvalue weighted by Gasteiger charge is 2.29. The first-order chi connectivity index (χ1) is 6.72. The van der Waals surface area contributed by atoms with Crippen molar-refractivity contribution in [2.24, 2.45) is 0 Å². The zero-order chi connectivity index (χ0) is 10.1. The van der Waals surface area contributed by atoms with Crippen LogP contribution in [0.1, 0.15) is 25.3 Å². The van der Waals surface area contributed by atoms with Crippen molar-refractivity contribution >= 4 is 21.7 Å². The van der Waals surface area contributed by atoms with Crippen LogP contribution in [-0.4, -0.2) is 17.6 Å². The summed E-state index contributed by atoms with van der Waals surface area (Å²) < 4.78 is 1.12. The highest BCUT2D eigenvalue weighted by molar-refractivity contribution is 9.10. The largest absolute Gasteiger partial charge is 0.353 e. The Hall–Kier alpha value is -0.570. The maximum Gasteiger partial charge on any atom is 0.143 e. The van der Waals surface area contributed by atoms with Crippen molar-refractivity contribution in [1.82, 2.24) is 4.98 Å². The third kappa shape index (κ3) is 1.92. The Morgan fingerprint density at radius 3 is 2.79 bits per heavy atom. The first-order valence-electron chi connectivity index (χ1n) is 5.11. The monoisotopic (exact) mass is 254 g/mol. The quantitative estimate of drug-likeness (QED) is 0.824. The van der Waals surface area contributed by atoms with Gasteiger partial charge < -0.3 is 4.90 Å². The number of nitrogens with zero attached hydrogens (tertiary/aromatic N) is 2. The molecule has 0 radical (unpaired) electrons. The van der Waals surface area contributed by atoms with Crippen LogP contribution in [0.3, 0.4) is 0 Å². The van der Waals surface area contributed by atoms with Crippen molar-refractivity contribution in [2.75, 3.05) is 11.4 Å². The van der Waals surface area contributed by atoms with Gasteiger partial charge in [-0.15, -0.1) is 0 Å². The lowest BCUT2D eigenvalue weighted by Gasteiger charge is -2.22. The van der Waals surface area contributed by atoms with E-state index in [0.29, 0.717) is 0 Å². The summed E-state index contributed by atoms with van der Waals surface area (Å²) in [6, 6.07) is 2.86. The van der Waals surface area contributed by atoms with Gasteiger partial charge in [-0.1, -0.05) is 0 Å². The number of hydrogen-bond acceptors (Lipinski definition) is 2. The lowest BCUT2D eigenvalue weighted by atomic mass is 10.3. The van der Waals surface area contributed by atoms with Crippen molar-refractivity contribution in [2.45, 2.75) is 32.7 Å². The van der Waals surface area contributed by atoms with Gasteiger partial charge in [-0.25, -0.2) is 4.98 Å². The lowest BCUT2D eigenvalue weighted by molar-refractivity contribution is 0.805. The first-order valence-corrected chi connectivity index (χ1v) is 5.90. The Labute approximate surface area is 93.5 Å². The van der Waals surface area contributed by atoms with Gasteiger partial charge in [0.1, 0.15) is 5.82 Å². The predicted octanol–water partition coefficient (Wildman–Crippen LogP) is 3.14. The van der Waals surface area contributed by atoms with E-state index in [4.69, 9.17) is 0 Å². The molecule has 0 atom stereocenters. The maximum absolute atomic E-state index is 4.49. The molecule has 1 aromatic rings. The molecule has 1 heterocycles. The summed E-state index contributed by atoms with van der Waals surface area (Å²) in [5.74, 6) is 1.10. The predicted molar refractivity (Wildman–Crippen MR) is 62.7 cm³/mol. The molecule has 1 aliphatic carbocycles. The van der Waals surface area contributed by atoms with Crippen molar-refractivity contribution in [3.63, 3.8) is 0 Å². The standard InChI is InChI=1S/C11H15BrN2/c1-3-14(9-4-5-9)11-10(12)6-8(2)7-13-11/h6-7,9H,3-5H2,1-2H3. The van der Waals surface area contributed by atoms with Crippen LogP contribution < -0.4 is 4.90 Å². The molecule has 0 N–H and O–H groups in total. The van der Waals surface area contributed by atoms with E-state index in [1.165, 1.54) is 18.4 Å². The summed E-state index contributed by atoms with van der Waals surface area (Å²) in [4.78, 5) is 6.87. The number of aromatic nitrogens is 1. The number of aryl methyl sites for hydroxylation is 1. The van der Waals surface area contributed by atoms with Crippen LogP contribution in [-0.2, 0) is 0 Å². The number of anilines is 1.